The molecule has 0 aliphatic heterocycles. The number of nitrogens with zero attached hydrogens (tertiary/aromatic N) is 1. The van der Waals surface area contributed by atoms with Crippen LogP contribution in [0, 0.1) is 28.4 Å². The van der Waals surface area contributed by atoms with Crippen LogP contribution in [0.25, 0.3) is 0 Å². The molecule has 2 atom stereocenters. The van der Waals surface area contributed by atoms with Crippen LogP contribution in [0.3, 0.4) is 0 Å². The number of carbonyl (C=O) groups is 1. The molecule has 1 amide bonds. The van der Waals surface area contributed by atoms with Crippen LogP contribution in [-0.4, -0.2) is 23.4 Å². The average molecular weight is 168 g/mol. The second-order valence-electron chi connectivity index (χ2n) is 2.62. The van der Waals surface area contributed by atoms with E-state index in [1.54, 1.807) is 0 Å². The van der Waals surface area contributed by atoms with E-state index in [-0.39, 0.29) is 12.5 Å². The summed E-state index contributed by atoms with van der Waals surface area (Å²) in [6.07, 6.45) is 5.23. The van der Waals surface area contributed by atoms with Crippen molar-refractivity contribution in [2.24, 2.45) is 5.92 Å². The van der Waals surface area contributed by atoms with Crippen LogP contribution in [0.2, 0.25) is 0 Å². The minimum Gasteiger partial charge on any atom is -0.345 e. The van der Waals surface area contributed by atoms with Crippen molar-refractivity contribution in [2.45, 2.75) is 12.5 Å². The molecular weight excluding hydrogens is 160 g/mol. The lowest BCUT2D eigenvalue weighted by Crippen LogP contribution is -2.27. The molecule has 5 heteroatoms. The molecule has 1 fully saturated rings. The van der Waals surface area contributed by atoms with Crippen molar-refractivity contribution in [3.63, 3.8) is 0 Å². The molecule has 1 N–H and O–H groups in total. The molecule has 12 heavy (non-hydrogen) atoms. The smallest absolute Gasteiger partial charge is 0.231 e. The molecule has 0 aromatic rings. The Morgan fingerprint density at radius 3 is 2.92 bits per heavy atom. The lowest BCUT2D eigenvalue weighted by atomic mass is 10.4. The third-order valence-corrected chi connectivity index (χ3v) is 1.73. The Morgan fingerprint density at radius 2 is 2.50 bits per heavy atom. The minimum absolute atomic E-state index is 0.139. The van der Waals surface area contributed by atoms with Crippen molar-refractivity contribution in [2.75, 3.05) is 6.54 Å². The van der Waals surface area contributed by atoms with Gasteiger partial charge in [-0.2, -0.15) is 0 Å². The maximum absolute atomic E-state index is 11.0. The third-order valence-electron chi connectivity index (χ3n) is 1.73. The normalized spacial score (nSPS) is 25.6. The van der Waals surface area contributed by atoms with Gasteiger partial charge in [-0.05, 0) is 0 Å². The zero-order valence-electron chi connectivity index (χ0n) is 6.32. The summed E-state index contributed by atoms with van der Waals surface area (Å²) in [5.74, 6) is 1.45. The van der Waals surface area contributed by atoms with Gasteiger partial charge in [0.1, 0.15) is 5.92 Å². The molecule has 0 saturated heterocycles. The summed E-state index contributed by atoms with van der Waals surface area (Å²) in [7, 11) is 0. The Labute approximate surface area is 69.3 Å². The van der Waals surface area contributed by atoms with Gasteiger partial charge in [-0.25, -0.2) is 0 Å². The maximum Gasteiger partial charge on any atom is 0.231 e. The van der Waals surface area contributed by atoms with E-state index in [4.69, 9.17) is 6.42 Å². The third kappa shape index (κ3) is 1.72. The Hall–Kier alpha value is -1.57. The molecule has 5 nitrogen and oxygen atoms in total. The van der Waals surface area contributed by atoms with Gasteiger partial charge in [0, 0.05) is 11.3 Å². The van der Waals surface area contributed by atoms with Gasteiger partial charge < -0.3 is 5.32 Å². The molecule has 0 spiro atoms. The summed E-state index contributed by atoms with van der Waals surface area (Å²) in [5, 5.41) is 12.5. The predicted molar refractivity (Wildman–Crippen MR) is 40.7 cm³/mol. The van der Waals surface area contributed by atoms with Gasteiger partial charge in [0.15, 0.2) is 0 Å². The molecular formula is C7H8N2O3. The summed E-state index contributed by atoms with van der Waals surface area (Å²) in [5.41, 5.74) is 0. The first-order valence-electron chi connectivity index (χ1n) is 3.51. The van der Waals surface area contributed by atoms with Crippen molar-refractivity contribution in [1.29, 1.82) is 0 Å². The lowest BCUT2D eigenvalue weighted by molar-refractivity contribution is -0.497. The van der Waals surface area contributed by atoms with Gasteiger partial charge in [0.05, 0.1) is 6.54 Å². The highest BCUT2D eigenvalue weighted by atomic mass is 16.6. The van der Waals surface area contributed by atoms with E-state index >= 15 is 0 Å². The molecule has 0 aromatic heterocycles. The molecule has 1 aliphatic rings. The number of nitro groups is 1. The molecule has 1 rings (SSSR count). The minimum atomic E-state index is -0.692. The highest BCUT2D eigenvalue weighted by molar-refractivity contribution is 5.82. The highest BCUT2D eigenvalue weighted by Gasteiger charge is 2.53. The quantitative estimate of drug-likeness (QED) is 0.347. The largest absolute Gasteiger partial charge is 0.345 e. The van der Waals surface area contributed by atoms with Gasteiger partial charge in [-0.15, -0.1) is 6.42 Å². The van der Waals surface area contributed by atoms with Crippen molar-refractivity contribution >= 4 is 5.91 Å². The number of rotatable bonds is 3. The fourth-order valence-electron chi connectivity index (χ4n) is 0.966. The van der Waals surface area contributed by atoms with Crippen LogP contribution >= 0.6 is 0 Å². The van der Waals surface area contributed by atoms with Gasteiger partial charge in [0.2, 0.25) is 11.9 Å². The van der Waals surface area contributed by atoms with Crippen LogP contribution in [-0.2, 0) is 4.79 Å². The number of hydrogen-bond donors (Lipinski definition) is 1. The molecule has 0 bridgehead atoms. The second-order valence-corrected chi connectivity index (χ2v) is 2.62. The van der Waals surface area contributed by atoms with E-state index in [1.807, 2.05) is 0 Å². The van der Waals surface area contributed by atoms with E-state index in [1.165, 1.54) is 0 Å². The zero-order chi connectivity index (χ0) is 9.14. The number of carbonyl (C=O) groups excluding carboxylic acids is 1. The van der Waals surface area contributed by atoms with Gasteiger partial charge in [-0.3, -0.25) is 14.9 Å². The first kappa shape index (κ1) is 8.53. The molecule has 0 radical (unpaired) electrons. The summed E-state index contributed by atoms with van der Waals surface area (Å²) in [6, 6.07) is -0.692. The molecule has 1 saturated carbocycles. The van der Waals surface area contributed by atoms with Crippen LogP contribution in [0.15, 0.2) is 0 Å². The van der Waals surface area contributed by atoms with Gasteiger partial charge >= 0.3 is 0 Å². The SMILES string of the molecule is C#CCNC(=O)C1CC1[N+](=O)[O-]. The maximum atomic E-state index is 11.0. The van der Waals surface area contributed by atoms with E-state index in [9.17, 15) is 14.9 Å². The Morgan fingerprint density at radius 1 is 1.83 bits per heavy atom. The summed E-state index contributed by atoms with van der Waals surface area (Å²) in [4.78, 5) is 20.7. The number of terminal acetylenes is 1. The van der Waals surface area contributed by atoms with Crippen LogP contribution in [0.1, 0.15) is 6.42 Å². The van der Waals surface area contributed by atoms with E-state index in [0.717, 1.165) is 0 Å². The highest BCUT2D eigenvalue weighted by Crippen LogP contribution is 2.32. The molecule has 2 unspecified atom stereocenters. The van der Waals surface area contributed by atoms with E-state index < -0.39 is 16.9 Å². The summed E-state index contributed by atoms with van der Waals surface area (Å²) >= 11 is 0. The Balaban J connectivity index is 2.29. The fourth-order valence-corrected chi connectivity index (χ4v) is 0.966. The summed E-state index contributed by atoms with van der Waals surface area (Å²) < 4.78 is 0. The van der Waals surface area contributed by atoms with Crippen molar-refractivity contribution < 1.29 is 9.72 Å². The predicted octanol–water partition coefficient (Wildman–Crippen LogP) is -0.599. The molecule has 1 aliphatic carbocycles. The average Bonchev–Trinajstić information content (AvgIpc) is 2.78. The standard InChI is InChI=1S/C7H8N2O3/c1-2-3-8-7(10)5-4-6(5)9(11)12/h1,5-6H,3-4H2,(H,8,10). The number of amides is 1. The van der Waals surface area contributed by atoms with Crippen LogP contribution in [0.5, 0.6) is 0 Å². The molecule has 0 aromatic carbocycles. The first-order chi connectivity index (χ1) is 5.66. The summed E-state index contributed by atoms with van der Waals surface area (Å²) in [6.45, 7) is 0.139. The van der Waals surface area contributed by atoms with Crippen molar-refractivity contribution in [3.8, 4) is 12.3 Å². The van der Waals surface area contributed by atoms with Crippen LogP contribution in [0.4, 0.5) is 0 Å². The monoisotopic (exact) mass is 168 g/mol. The number of hydrogen-bond acceptors (Lipinski definition) is 3. The van der Waals surface area contributed by atoms with Gasteiger partial charge in [-0.1, -0.05) is 5.92 Å². The Bertz CT molecular complexity index is 256. The Kier molecular flexibility index (Phi) is 2.29. The van der Waals surface area contributed by atoms with Crippen molar-refractivity contribution in [3.05, 3.63) is 10.1 Å². The second kappa shape index (κ2) is 3.22. The van der Waals surface area contributed by atoms with Crippen LogP contribution < -0.4 is 5.32 Å². The zero-order valence-corrected chi connectivity index (χ0v) is 6.32. The fraction of sp³-hybridized carbons (Fsp3) is 0.571. The lowest BCUT2D eigenvalue weighted by Gasteiger charge is -1.96. The van der Waals surface area contributed by atoms with E-state index in [2.05, 4.69) is 11.2 Å². The van der Waals surface area contributed by atoms with Crippen molar-refractivity contribution in [1.82, 2.24) is 5.32 Å². The topological polar surface area (TPSA) is 72.2 Å². The van der Waals surface area contributed by atoms with Gasteiger partial charge in [0.25, 0.3) is 0 Å². The number of nitrogens with one attached hydrogen (secondary N) is 1. The molecule has 64 valence electrons. The first-order valence-corrected chi connectivity index (χ1v) is 3.51. The van der Waals surface area contributed by atoms with E-state index in [0.29, 0.717) is 6.42 Å². The molecule has 0 heterocycles.